The normalized spacial score (nSPS) is 11.2. The molecule has 0 bridgehead atoms. The van der Waals surface area contributed by atoms with E-state index in [-0.39, 0.29) is 0 Å². The lowest BCUT2D eigenvalue weighted by molar-refractivity contribution is 0.146. The molecule has 0 radical (unpaired) electrons. The lowest BCUT2D eigenvalue weighted by Crippen LogP contribution is -1.97. The van der Waals surface area contributed by atoms with Crippen LogP contribution in [0.1, 0.15) is 17.6 Å². The lowest BCUT2D eigenvalue weighted by atomic mass is 10.5. The van der Waals surface area contributed by atoms with Gasteiger partial charge in [0, 0.05) is 11.9 Å². The van der Waals surface area contributed by atoms with E-state index in [9.17, 15) is 0 Å². The van der Waals surface area contributed by atoms with Crippen LogP contribution in [0.2, 0.25) is 0 Å². The van der Waals surface area contributed by atoms with Gasteiger partial charge in [-0.3, -0.25) is 0 Å². The van der Waals surface area contributed by atoms with Crippen molar-refractivity contribution in [2.75, 3.05) is 6.61 Å². The van der Waals surface area contributed by atoms with E-state index in [4.69, 9.17) is 10.5 Å². The predicted octanol–water partition coefficient (Wildman–Crippen LogP) is 1.69. The second-order valence-electron chi connectivity index (χ2n) is 2.52. The molecule has 3 nitrogen and oxygen atoms in total. The molecule has 0 saturated carbocycles. The molecule has 1 rings (SSSR count). The molecule has 2 N–H and O–H groups in total. The minimum absolute atomic E-state index is 0.513. The zero-order chi connectivity index (χ0) is 9.52. The molecular formula is C9H14N2OS. The number of thiazole rings is 1. The van der Waals surface area contributed by atoms with Gasteiger partial charge in [-0.25, -0.2) is 4.98 Å². The lowest BCUT2D eigenvalue weighted by Gasteiger charge is -1.95. The van der Waals surface area contributed by atoms with Crippen LogP contribution >= 0.6 is 11.3 Å². The quantitative estimate of drug-likeness (QED) is 0.578. The van der Waals surface area contributed by atoms with Crippen LogP contribution in [0.4, 0.5) is 0 Å². The third kappa shape index (κ3) is 3.67. The van der Waals surface area contributed by atoms with Crippen LogP contribution in [0, 0.1) is 0 Å². The number of nitrogens with two attached hydrogens (primary N) is 1. The number of rotatable bonds is 5. The molecular weight excluding hydrogens is 184 g/mol. The molecule has 1 aromatic heterocycles. The Morgan fingerprint density at radius 3 is 3.15 bits per heavy atom. The van der Waals surface area contributed by atoms with E-state index in [1.807, 2.05) is 24.5 Å². The van der Waals surface area contributed by atoms with Gasteiger partial charge in [-0.15, -0.1) is 11.3 Å². The maximum atomic E-state index is 5.44. The molecule has 0 aliphatic carbocycles. The Labute approximate surface area is 82.2 Å². The van der Waals surface area contributed by atoms with Crippen LogP contribution in [0.15, 0.2) is 17.5 Å². The van der Waals surface area contributed by atoms with Gasteiger partial charge in [0.25, 0.3) is 0 Å². The number of nitrogens with zero attached hydrogens (tertiary/aromatic N) is 1. The van der Waals surface area contributed by atoms with E-state index >= 15 is 0 Å². The molecule has 0 saturated heterocycles. The summed E-state index contributed by atoms with van der Waals surface area (Å²) in [7, 11) is 0. The average molecular weight is 198 g/mol. The molecule has 1 aromatic rings. The van der Waals surface area contributed by atoms with Gasteiger partial charge >= 0.3 is 0 Å². The number of ether oxygens (including phenoxy) is 1. The maximum absolute atomic E-state index is 5.44. The van der Waals surface area contributed by atoms with Gasteiger partial charge in [0.2, 0.25) is 0 Å². The molecule has 0 aliphatic rings. The molecule has 72 valence electrons. The summed E-state index contributed by atoms with van der Waals surface area (Å²) in [5, 5.41) is 2.95. The highest BCUT2D eigenvalue weighted by molar-refractivity contribution is 7.09. The Morgan fingerprint density at radius 1 is 1.69 bits per heavy atom. The van der Waals surface area contributed by atoms with Crippen LogP contribution < -0.4 is 5.73 Å². The summed E-state index contributed by atoms with van der Waals surface area (Å²) in [5.74, 6) is 0. The smallest absolute Gasteiger partial charge is 0.107 e. The van der Waals surface area contributed by atoms with Crippen molar-refractivity contribution in [2.45, 2.75) is 20.1 Å². The number of hydrogen-bond donors (Lipinski definition) is 1. The molecule has 0 spiro atoms. The van der Waals surface area contributed by atoms with Crippen LogP contribution in [-0.2, 0) is 17.9 Å². The zero-order valence-electron chi connectivity index (χ0n) is 7.69. The first-order chi connectivity index (χ1) is 6.36. The predicted molar refractivity (Wildman–Crippen MR) is 54.5 cm³/mol. The Bertz CT molecular complexity index is 270. The van der Waals surface area contributed by atoms with E-state index < -0.39 is 0 Å². The molecule has 4 heteroatoms. The van der Waals surface area contributed by atoms with E-state index in [0.29, 0.717) is 19.8 Å². The topological polar surface area (TPSA) is 48.1 Å². The van der Waals surface area contributed by atoms with Gasteiger partial charge in [0.05, 0.1) is 18.9 Å². The number of hydrogen-bond acceptors (Lipinski definition) is 4. The second-order valence-corrected chi connectivity index (χ2v) is 3.46. The molecule has 0 fully saturated rings. The third-order valence-corrected chi connectivity index (χ3v) is 2.39. The van der Waals surface area contributed by atoms with Crippen LogP contribution in [0.5, 0.6) is 0 Å². The summed E-state index contributed by atoms with van der Waals surface area (Å²) in [6.07, 6.45) is 3.93. The van der Waals surface area contributed by atoms with Crippen molar-refractivity contribution in [3.05, 3.63) is 28.2 Å². The van der Waals surface area contributed by atoms with Crippen molar-refractivity contribution < 1.29 is 4.74 Å². The van der Waals surface area contributed by atoms with Crippen molar-refractivity contribution in [3.8, 4) is 0 Å². The molecule has 0 aliphatic heterocycles. The Hall–Kier alpha value is -0.710. The van der Waals surface area contributed by atoms with Crippen molar-refractivity contribution in [1.29, 1.82) is 0 Å². The number of aromatic nitrogens is 1. The zero-order valence-corrected chi connectivity index (χ0v) is 8.51. The fourth-order valence-corrected chi connectivity index (χ4v) is 1.50. The first-order valence-corrected chi connectivity index (χ1v) is 5.07. The van der Waals surface area contributed by atoms with Crippen LogP contribution in [0.25, 0.3) is 0 Å². The third-order valence-electron chi connectivity index (χ3n) is 1.47. The largest absolute Gasteiger partial charge is 0.371 e. The highest BCUT2D eigenvalue weighted by Crippen LogP contribution is 2.09. The van der Waals surface area contributed by atoms with Gasteiger partial charge in [-0.1, -0.05) is 12.2 Å². The van der Waals surface area contributed by atoms with Gasteiger partial charge < -0.3 is 10.5 Å². The minimum atomic E-state index is 0.513. The van der Waals surface area contributed by atoms with Crippen molar-refractivity contribution in [2.24, 2.45) is 5.73 Å². The summed E-state index contributed by atoms with van der Waals surface area (Å²) >= 11 is 1.58. The van der Waals surface area contributed by atoms with E-state index in [1.165, 1.54) is 0 Å². The van der Waals surface area contributed by atoms with Gasteiger partial charge in [-0.05, 0) is 6.92 Å². The highest BCUT2D eigenvalue weighted by Gasteiger charge is 1.98. The number of allylic oxidation sites excluding steroid dienone is 1. The summed E-state index contributed by atoms with van der Waals surface area (Å²) < 4.78 is 5.33. The van der Waals surface area contributed by atoms with Crippen molar-refractivity contribution >= 4 is 11.3 Å². The summed E-state index contributed by atoms with van der Waals surface area (Å²) in [6.45, 7) is 3.70. The van der Waals surface area contributed by atoms with Crippen molar-refractivity contribution in [1.82, 2.24) is 4.98 Å². The summed E-state index contributed by atoms with van der Waals surface area (Å²) in [6, 6.07) is 0. The van der Waals surface area contributed by atoms with Crippen LogP contribution in [-0.4, -0.2) is 11.6 Å². The van der Waals surface area contributed by atoms with E-state index in [1.54, 1.807) is 11.3 Å². The Morgan fingerprint density at radius 2 is 2.54 bits per heavy atom. The van der Waals surface area contributed by atoms with Gasteiger partial charge in [-0.2, -0.15) is 0 Å². The van der Waals surface area contributed by atoms with Gasteiger partial charge in [0.1, 0.15) is 5.01 Å². The van der Waals surface area contributed by atoms with E-state index in [0.717, 1.165) is 10.7 Å². The van der Waals surface area contributed by atoms with Crippen LogP contribution in [0.3, 0.4) is 0 Å². The Balaban J connectivity index is 2.28. The molecule has 13 heavy (non-hydrogen) atoms. The first-order valence-electron chi connectivity index (χ1n) is 4.19. The fraction of sp³-hybridized carbons (Fsp3) is 0.444. The van der Waals surface area contributed by atoms with E-state index in [2.05, 4.69) is 4.98 Å². The molecule has 0 atom stereocenters. The first kappa shape index (κ1) is 10.4. The molecule has 0 aromatic carbocycles. The maximum Gasteiger partial charge on any atom is 0.107 e. The standard InChI is InChI=1S/C9H14N2OS/c1-2-3-4-12-6-8-7-13-9(5-10)11-8/h2-3,7H,4-6,10H2,1H3. The monoisotopic (exact) mass is 198 g/mol. The average Bonchev–Trinajstić information content (AvgIpc) is 2.60. The fourth-order valence-electron chi connectivity index (χ4n) is 0.837. The molecule has 0 unspecified atom stereocenters. The summed E-state index contributed by atoms with van der Waals surface area (Å²) in [4.78, 5) is 4.27. The SMILES string of the molecule is CC=CCOCc1csc(CN)n1. The second kappa shape index (κ2) is 5.85. The highest BCUT2D eigenvalue weighted by atomic mass is 32.1. The van der Waals surface area contributed by atoms with Gasteiger partial charge in [0.15, 0.2) is 0 Å². The molecule has 0 amide bonds. The minimum Gasteiger partial charge on any atom is -0.371 e. The summed E-state index contributed by atoms with van der Waals surface area (Å²) in [5.41, 5.74) is 6.40. The molecule has 1 heterocycles. The van der Waals surface area contributed by atoms with Crippen molar-refractivity contribution in [3.63, 3.8) is 0 Å². The Kier molecular flexibility index (Phi) is 4.67.